The van der Waals surface area contributed by atoms with Crippen molar-refractivity contribution in [2.24, 2.45) is 0 Å². The normalized spacial score (nSPS) is 16.7. The number of hydrogen-bond acceptors (Lipinski definition) is 7. The summed E-state index contributed by atoms with van der Waals surface area (Å²) in [6.07, 6.45) is 1.92. The number of carbonyl (C=O) groups is 2. The molecule has 1 fully saturated rings. The topological polar surface area (TPSA) is 89.0 Å². The van der Waals surface area contributed by atoms with Gasteiger partial charge in [0.15, 0.2) is 5.13 Å². The van der Waals surface area contributed by atoms with Gasteiger partial charge in [-0.05, 0) is 73.5 Å². The van der Waals surface area contributed by atoms with Crippen LogP contribution in [0.2, 0.25) is 0 Å². The van der Waals surface area contributed by atoms with Crippen LogP contribution in [0.5, 0.6) is 11.5 Å². The van der Waals surface area contributed by atoms with E-state index in [0.29, 0.717) is 46.1 Å². The van der Waals surface area contributed by atoms with E-state index in [4.69, 9.17) is 9.47 Å². The molecule has 0 bridgehead atoms. The molecule has 1 saturated heterocycles. The molecule has 3 aromatic carbocycles. The van der Waals surface area contributed by atoms with Crippen LogP contribution in [0.4, 0.5) is 9.52 Å². The molecule has 2 heterocycles. The first-order valence-corrected chi connectivity index (χ1v) is 13.6. The number of hydrogen-bond donors (Lipinski definition) is 1. The Morgan fingerprint density at radius 1 is 1.00 bits per heavy atom. The van der Waals surface area contributed by atoms with E-state index in [0.717, 1.165) is 24.2 Å². The third-order valence-corrected chi connectivity index (χ3v) is 7.41. The van der Waals surface area contributed by atoms with Crippen molar-refractivity contribution in [3.05, 3.63) is 89.2 Å². The lowest BCUT2D eigenvalue weighted by Gasteiger charge is -2.23. The lowest BCUT2D eigenvalue weighted by atomic mass is 9.95. The average molecular weight is 547 g/mol. The number of benzene rings is 3. The molecular formula is C30H27FN2O5S. The highest BCUT2D eigenvalue weighted by Crippen LogP contribution is 2.44. The Labute approximate surface area is 229 Å². The Kier molecular flexibility index (Phi) is 7.60. The Balaban J connectivity index is 1.61. The van der Waals surface area contributed by atoms with Gasteiger partial charge in [0.25, 0.3) is 5.78 Å². The van der Waals surface area contributed by atoms with Crippen LogP contribution in [0.15, 0.2) is 72.3 Å². The average Bonchev–Trinajstić information content (AvgIpc) is 3.47. The van der Waals surface area contributed by atoms with E-state index < -0.39 is 23.5 Å². The number of thiazole rings is 1. The Hall–Kier alpha value is -4.24. The Morgan fingerprint density at radius 3 is 2.38 bits per heavy atom. The molecule has 4 aromatic rings. The number of ketones is 1. The van der Waals surface area contributed by atoms with Gasteiger partial charge in [-0.25, -0.2) is 9.37 Å². The zero-order valence-electron chi connectivity index (χ0n) is 21.5. The number of aromatic nitrogens is 1. The smallest absolute Gasteiger partial charge is 0.301 e. The highest BCUT2D eigenvalue weighted by atomic mass is 32.1. The largest absolute Gasteiger partial charge is 0.507 e. The third-order valence-electron chi connectivity index (χ3n) is 6.39. The summed E-state index contributed by atoms with van der Waals surface area (Å²) in [5, 5.41) is 11.6. The van der Waals surface area contributed by atoms with Crippen LogP contribution < -0.4 is 14.4 Å². The molecule has 0 spiro atoms. The summed E-state index contributed by atoms with van der Waals surface area (Å²) in [6, 6.07) is 16.9. The second-order valence-electron chi connectivity index (χ2n) is 9.01. The van der Waals surface area contributed by atoms with Crippen LogP contribution >= 0.6 is 11.3 Å². The fourth-order valence-corrected chi connectivity index (χ4v) is 5.46. The van der Waals surface area contributed by atoms with Gasteiger partial charge in [0.1, 0.15) is 23.1 Å². The number of aliphatic hydroxyl groups excluding tert-OH is 1. The van der Waals surface area contributed by atoms with Gasteiger partial charge in [-0.1, -0.05) is 36.8 Å². The van der Waals surface area contributed by atoms with Crippen molar-refractivity contribution in [3.8, 4) is 11.5 Å². The van der Waals surface area contributed by atoms with Crippen molar-refractivity contribution in [3.63, 3.8) is 0 Å². The summed E-state index contributed by atoms with van der Waals surface area (Å²) in [5.74, 6) is -1.11. The molecule has 7 nitrogen and oxygen atoms in total. The number of halogens is 1. The quantitative estimate of drug-likeness (QED) is 0.110. The number of Topliss-reactive ketones (excluding diaryl/α,β-unsaturated/α-hetero) is 1. The van der Waals surface area contributed by atoms with E-state index in [1.54, 1.807) is 48.5 Å². The van der Waals surface area contributed by atoms with Gasteiger partial charge in [-0.2, -0.15) is 0 Å². The molecule has 1 unspecified atom stereocenters. The van der Waals surface area contributed by atoms with E-state index in [1.165, 1.54) is 23.1 Å². The molecule has 5 rings (SSSR count). The van der Waals surface area contributed by atoms with Gasteiger partial charge in [-0.15, -0.1) is 0 Å². The number of fused-ring (bicyclic) bond motifs is 1. The van der Waals surface area contributed by atoms with Crippen LogP contribution in [0.1, 0.15) is 43.9 Å². The number of anilines is 1. The van der Waals surface area contributed by atoms with Crippen molar-refractivity contribution >= 4 is 44.1 Å². The maximum atomic E-state index is 13.9. The summed E-state index contributed by atoms with van der Waals surface area (Å²) < 4.78 is 25.7. The lowest BCUT2D eigenvalue weighted by molar-refractivity contribution is -0.132. The number of nitrogens with zero attached hydrogens (tertiary/aromatic N) is 2. The summed E-state index contributed by atoms with van der Waals surface area (Å²) >= 11 is 1.10. The van der Waals surface area contributed by atoms with Crippen LogP contribution in [-0.2, 0) is 9.59 Å². The molecular weight excluding hydrogens is 519 g/mol. The zero-order valence-corrected chi connectivity index (χ0v) is 22.3. The predicted molar refractivity (Wildman–Crippen MR) is 149 cm³/mol. The summed E-state index contributed by atoms with van der Waals surface area (Å²) in [4.78, 5) is 32.7. The minimum absolute atomic E-state index is 0.0609. The predicted octanol–water partition coefficient (Wildman–Crippen LogP) is 6.64. The highest BCUT2D eigenvalue weighted by Gasteiger charge is 2.48. The molecule has 9 heteroatoms. The van der Waals surface area contributed by atoms with Gasteiger partial charge in [-0.3, -0.25) is 14.5 Å². The van der Waals surface area contributed by atoms with Gasteiger partial charge < -0.3 is 14.6 Å². The molecule has 1 amide bonds. The number of carbonyl (C=O) groups excluding carboxylic acids is 2. The van der Waals surface area contributed by atoms with Crippen molar-refractivity contribution in [1.82, 2.24) is 4.98 Å². The van der Waals surface area contributed by atoms with Crippen molar-refractivity contribution in [1.29, 1.82) is 0 Å². The molecule has 1 aromatic heterocycles. The first-order chi connectivity index (χ1) is 18.9. The standard InChI is InChI=1S/C30H27FN2O5S/c1-3-5-16-38-22-11-6-18(7-12-22)26-25(27(34)19-8-13-21(14-9-19)37-4-2)28(35)29(36)33(26)30-32-23-15-10-20(31)17-24(23)39-30/h6-15,17,26,34H,3-5,16H2,1-2H3/b27-25+. The van der Waals surface area contributed by atoms with E-state index in [2.05, 4.69) is 11.9 Å². The molecule has 0 saturated carbocycles. The molecule has 1 aliphatic heterocycles. The Morgan fingerprint density at radius 2 is 1.69 bits per heavy atom. The van der Waals surface area contributed by atoms with Crippen LogP contribution in [0.3, 0.4) is 0 Å². The molecule has 1 atom stereocenters. The number of rotatable bonds is 9. The van der Waals surface area contributed by atoms with E-state index in [-0.39, 0.29) is 16.5 Å². The maximum absolute atomic E-state index is 13.9. The van der Waals surface area contributed by atoms with Crippen LogP contribution in [-0.4, -0.2) is 35.0 Å². The fourth-order valence-electron chi connectivity index (χ4n) is 4.45. The second-order valence-corrected chi connectivity index (χ2v) is 10.0. The monoisotopic (exact) mass is 546 g/mol. The third kappa shape index (κ3) is 5.22. The molecule has 200 valence electrons. The molecule has 1 N–H and O–H groups in total. The van der Waals surface area contributed by atoms with E-state index >= 15 is 0 Å². The molecule has 0 radical (unpaired) electrons. The number of amides is 1. The SMILES string of the molecule is CCCCOc1ccc(C2/C(=C(\O)c3ccc(OCC)cc3)C(=O)C(=O)N2c2nc3ccc(F)cc3s2)cc1. The zero-order chi connectivity index (χ0) is 27.5. The highest BCUT2D eigenvalue weighted by molar-refractivity contribution is 7.22. The van der Waals surface area contributed by atoms with Gasteiger partial charge in [0.2, 0.25) is 0 Å². The minimum atomic E-state index is -0.952. The number of aliphatic hydroxyl groups is 1. The fraction of sp³-hybridized carbons (Fsp3) is 0.233. The van der Waals surface area contributed by atoms with E-state index in [1.807, 2.05) is 6.92 Å². The van der Waals surface area contributed by atoms with E-state index in [9.17, 15) is 19.1 Å². The first kappa shape index (κ1) is 26.4. The van der Waals surface area contributed by atoms with Gasteiger partial charge in [0.05, 0.1) is 35.0 Å². The van der Waals surface area contributed by atoms with Crippen molar-refractivity contribution < 1.29 is 28.6 Å². The summed E-state index contributed by atoms with van der Waals surface area (Å²) in [7, 11) is 0. The number of unbranched alkanes of at least 4 members (excludes halogenated alkanes) is 1. The van der Waals surface area contributed by atoms with Gasteiger partial charge in [0, 0.05) is 5.56 Å². The lowest BCUT2D eigenvalue weighted by Crippen LogP contribution is -2.29. The number of ether oxygens (including phenoxy) is 2. The minimum Gasteiger partial charge on any atom is -0.507 e. The van der Waals surface area contributed by atoms with Crippen molar-refractivity contribution in [2.75, 3.05) is 18.1 Å². The second kappa shape index (κ2) is 11.2. The molecule has 1 aliphatic rings. The van der Waals surface area contributed by atoms with Crippen molar-refractivity contribution in [2.45, 2.75) is 32.7 Å². The molecule has 0 aliphatic carbocycles. The molecule has 39 heavy (non-hydrogen) atoms. The maximum Gasteiger partial charge on any atom is 0.301 e. The summed E-state index contributed by atoms with van der Waals surface area (Å²) in [6.45, 7) is 5.01. The Bertz CT molecular complexity index is 1550. The van der Waals surface area contributed by atoms with Crippen LogP contribution in [0.25, 0.3) is 16.0 Å². The first-order valence-electron chi connectivity index (χ1n) is 12.7. The van der Waals surface area contributed by atoms with Crippen LogP contribution in [0, 0.1) is 5.82 Å². The summed E-state index contributed by atoms with van der Waals surface area (Å²) in [5.41, 5.74) is 1.40. The van der Waals surface area contributed by atoms with Gasteiger partial charge >= 0.3 is 5.91 Å².